The maximum Gasteiger partial charge on any atom is 0.311 e. The smallest absolute Gasteiger partial charge is 0.311 e. The Morgan fingerprint density at radius 1 is 1.42 bits per heavy atom. The fourth-order valence-electron chi connectivity index (χ4n) is 4.32. The Bertz CT molecular complexity index is 663. The van der Waals surface area contributed by atoms with E-state index in [0.29, 0.717) is 19.7 Å². The number of carbonyl (C=O) groups is 2. The minimum atomic E-state index is -0.698. The van der Waals surface area contributed by atoms with Gasteiger partial charge in [0.15, 0.2) is 0 Å². The summed E-state index contributed by atoms with van der Waals surface area (Å²) in [6.07, 6.45) is 3.42. The highest BCUT2D eigenvalue weighted by molar-refractivity contribution is 5.79. The van der Waals surface area contributed by atoms with Gasteiger partial charge in [-0.25, -0.2) is 0 Å². The molecule has 2 atom stereocenters. The SMILES string of the molecule is Cc1cccc(OCCCNC(=O)CN2C[C@@H]3CCC[C@@]3(C(=O)O)C2)c1. The monoisotopic (exact) mass is 360 g/mol. The molecule has 26 heavy (non-hydrogen) atoms. The van der Waals surface area contributed by atoms with Crippen molar-refractivity contribution in [3.63, 3.8) is 0 Å². The Morgan fingerprint density at radius 2 is 2.27 bits per heavy atom. The Kier molecular flexibility index (Phi) is 5.81. The van der Waals surface area contributed by atoms with Gasteiger partial charge in [0.05, 0.1) is 18.6 Å². The van der Waals surface area contributed by atoms with Crippen LogP contribution in [0.4, 0.5) is 0 Å². The van der Waals surface area contributed by atoms with Crippen molar-refractivity contribution in [3.05, 3.63) is 29.8 Å². The van der Waals surface area contributed by atoms with E-state index in [1.807, 2.05) is 36.1 Å². The van der Waals surface area contributed by atoms with Gasteiger partial charge >= 0.3 is 5.97 Å². The largest absolute Gasteiger partial charge is 0.494 e. The molecule has 1 aliphatic carbocycles. The average molecular weight is 360 g/mol. The molecule has 1 heterocycles. The van der Waals surface area contributed by atoms with Gasteiger partial charge in [-0.05, 0) is 49.8 Å². The molecule has 1 aliphatic heterocycles. The van der Waals surface area contributed by atoms with Crippen LogP contribution in [-0.4, -0.2) is 54.7 Å². The van der Waals surface area contributed by atoms with Crippen LogP contribution in [-0.2, 0) is 9.59 Å². The van der Waals surface area contributed by atoms with Crippen molar-refractivity contribution in [1.82, 2.24) is 10.2 Å². The number of nitrogens with one attached hydrogen (secondary N) is 1. The summed E-state index contributed by atoms with van der Waals surface area (Å²) in [4.78, 5) is 25.8. The molecule has 1 saturated heterocycles. The quantitative estimate of drug-likeness (QED) is 0.694. The number of amides is 1. The lowest BCUT2D eigenvalue weighted by Gasteiger charge is -2.23. The van der Waals surface area contributed by atoms with Crippen molar-refractivity contribution < 1.29 is 19.4 Å². The molecule has 1 amide bonds. The van der Waals surface area contributed by atoms with Crippen LogP contribution in [0.25, 0.3) is 0 Å². The van der Waals surface area contributed by atoms with Crippen LogP contribution < -0.4 is 10.1 Å². The molecule has 0 bridgehead atoms. The van der Waals surface area contributed by atoms with E-state index in [1.165, 1.54) is 0 Å². The third-order valence-electron chi connectivity index (χ3n) is 5.64. The number of ether oxygens (including phenoxy) is 1. The molecule has 142 valence electrons. The molecule has 3 rings (SSSR count). The summed E-state index contributed by atoms with van der Waals surface area (Å²) in [5.41, 5.74) is 0.535. The van der Waals surface area contributed by atoms with E-state index >= 15 is 0 Å². The molecule has 0 radical (unpaired) electrons. The Hall–Kier alpha value is -2.08. The molecule has 6 heteroatoms. The third kappa shape index (κ3) is 4.18. The summed E-state index contributed by atoms with van der Waals surface area (Å²) in [5, 5.41) is 12.5. The molecular formula is C20H28N2O4. The topological polar surface area (TPSA) is 78.9 Å². The second kappa shape index (κ2) is 8.08. The number of nitrogens with zero attached hydrogens (tertiary/aromatic N) is 1. The van der Waals surface area contributed by atoms with E-state index in [-0.39, 0.29) is 18.4 Å². The van der Waals surface area contributed by atoms with Crippen LogP contribution >= 0.6 is 0 Å². The van der Waals surface area contributed by atoms with Gasteiger partial charge in [-0.15, -0.1) is 0 Å². The van der Waals surface area contributed by atoms with E-state index < -0.39 is 11.4 Å². The number of fused-ring (bicyclic) bond motifs is 1. The Balaban J connectivity index is 1.34. The lowest BCUT2D eigenvalue weighted by atomic mass is 9.81. The average Bonchev–Trinajstić information content (AvgIpc) is 3.12. The van der Waals surface area contributed by atoms with Crippen molar-refractivity contribution in [1.29, 1.82) is 0 Å². The van der Waals surface area contributed by atoms with Crippen LogP contribution in [0.5, 0.6) is 5.75 Å². The van der Waals surface area contributed by atoms with Gasteiger partial charge in [0.25, 0.3) is 0 Å². The number of likely N-dealkylation sites (tertiary alicyclic amines) is 1. The molecule has 2 aliphatic rings. The molecule has 2 N–H and O–H groups in total. The molecule has 2 fully saturated rings. The predicted molar refractivity (Wildman–Crippen MR) is 98.2 cm³/mol. The van der Waals surface area contributed by atoms with Gasteiger partial charge in [-0.1, -0.05) is 18.6 Å². The van der Waals surface area contributed by atoms with E-state index in [9.17, 15) is 14.7 Å². The number of hydrogen-bond donors (Lipinski definition) is 2. The second-order valence-corrected chi connectivity index (χ2v) is 7.59. The molecular weight excluding hydrogens is 332 g/mol. The maximum atomic E-state index is 12.1. The number of carboxylic acid groups (broad SMARTS) is 1. The first-order chi connectivity index (χ1) is 12.5. The van der Waals surface area contributed by atoms with Crippen LogP contribution in [0, 0.1) is 18.3 Å². The number of rotatable bonds is 8. The lowest BCUT2D eigenvalue weighted by Crippen LogP contribution is -2.39. The summed E-state index contributed by atoms with van der Waals surface area (Å²) in [5.74, 6) is 0.298. The molecule has 1 saturated carbocycles. The van der Waals surface area contributed by atoms with Gasteiger partial charge in [-0.3, -0.25) is 14.5 Å². The van der Waals surface area contributed by atoms with Crippen molar-refractivity contribution in [3.8, 4) is 5.75 Å². The minimum absolute atomic E-state index is 0.0407. The predicted octanol–water partition coefficient (Wildman–Crippen LogP) is 2.07. The van der Waals surface area contributed by atoms with E-state index in [1.54, 1.807) is 0 Å². The standard InChI is InChI=1S/C20H28N2O4/c1-15-5-2-7-17(11-15)26-10-4-9-21-18(23)13-22-12-16-6-3-8-20(16,14-22)19(24)25/h2,5,7,11,16H,3-4,6,8-10,12-14H2,1H3,(H,21,23)(H,24,25)/t16-,20+/m0/s1. The second-order valence-electron chi connectivity index (χ2n) is 7.59. The van der Waals surface area contributed by atoms with Crippen LogP contribution in [0.2, 0.25) is 0 Å². The fourth-order valence-corrected chi connectivity index (χ4v) is 4.32. The molecule has 0 unspecified atom stereocenters. The fraction of sp³-hybridized carbons (Fsp3) is 0.600. The van der Waals surface area contributed by atoms with Gasteiger partial charge in [0.1, 0.15) is 5.75 Å². The number of aryl methyl sites for hydroxylation is 1. The van der Waals surface area contributed by atoms with Crippen LogP contribution in [0.3, 0.4) is 0 Å². The molecule has 1 aromatic carbocycles. The zero-order valence-corrected chi connectivity index (χ0v) is 15.4. The van der Waals surface area contributed by atoms with Crippen molar-refractivity contribution in [2.45, 2.75) is 32.6 Å². The van der Waals surface area contributed by atoms with Crippen molar-refractivity contribution >= 4 is 11.9 Å². The highest BCUT2D eigenvalue weighted by atomic mass is 16.5. The Morgan fingerprint density at radius 3 is 3.00 bits per heavy atom. The lowest BCUT2D eigenvalue weighted by molar-refractivity contribution is -0.149. The third-order valence-corrected chi connectivity index (χ3v) is 5.64. The number of aliphatic carboxylic acids is 1. The summed E-state index contributed by atoms with van der Waals surface area (Å²) in [7, 11) is 0. The van der Waals surface area contributed by atoms with Gasteiger partial charge < -0.3 is 15.2 Å². The van der Waals surface area contributed by atoms with E-state index in [4.69, 9.17) is 4.74 Å². The number of benzene rings is 1. The molecule has 6 nitrogen and oxygen atoms in total. The van der Waals surface area contributed by atoms with Gasteiger partial charge in [0, 0.05) is 19.6 Å². The normalized spacial score (nSPS) is 25.0. The first kappa shape index (κ1) is 18.7. The zero-order chi connectivity index (χ0) is 18.6. The number of carbonyl (C=O) groups excluding carboxylic acids is 1. The van der Waals surface area contributed by atoms with Crippen LogP contribution in [0.15, 0.2) is 24.3 Å². The summed E-state index contributed by atoms with van der Waals surface area (Å²) < 4.78 is 5.66. The minimum Gasteiger partial charge on any atom is -0.494 e. The highest BCUT2D eigenvalue weighted by Crippen LogP contribution is 2.48. The van der Waals surface area contributed by atoms with Crippen LogP contribution in [0.1, 0.15) is 31.2 Å². The zero-order valence-electron chi connectivity index (χ0n) is 15.4. The highest BCUT2D eigenvalue weighted by Gasteiger charge is 2.54. The van der Waals surface area contributed by atoms with Gasteiger partial charge in [0.2, 0.25) is 5.91 Å². The molecule has 0 spiro atoms. The Labute approximate surface area is 154 Å². The summed E-state index contributed by atoms with van der Waals surface area (Å²) in [6, 6.07) is 7.89. The number of carboxylic acids is 1. The summed E-state index contributed by atoms with van der Waals surface area (Å²) in [6.45, 7) is 4.63. The van der Waals surface area contributed by atoms with E-state index in [2.05, 4.69) is 5.32 Å². The summed E-state index contributed by atoms with van der Waals surface area (Å²) >= 11 is 0. The first-order valence-corrected chi connectivity index (χ1v) is 9.41. The maximum absolute atomic E-state index is 12.1. The number of hydrogen-bond acceptors (Lipinski definition) is 4. The van der Waals surface area contributed by atoms with E-state index in [0.717, 1.165) is 43.5 Å². The van der Waals surface area contributed by atoms with Gasteiger partial charge in [-0.2, -0.15) is 0 Å². The molecule has 1 aromatic rings. The molecule has 0 aromatic heterocycles. The van der Waals surface area contributed by atoms with Crippen molar-refractivity contribution in [2.75, 3.05) is 32.8 Å². The van der Waals surface area contributed by atoms with Crippen molar-refractivity contribution in [2.24, 2.45) is 11.3 Å². The first-order valence-electron chi connectivity index (χ1n) is 9.41.